The number of carbonyl (C=O) groups excluding carboxylic acids is 1. The van der Waals surface area contributed by atoms with Gasteiger partial charge in [-0.2, -0.15) is 0 Å². The van der Waals surface area contributed by atoms with E-state index in [0.29, 0.717) is 18.5 Å². The standard InChI is InChI=1S/C17H27NO2/c1-6-17(3,4)15-9-7-14(8-10-15)16(20)18(5)12-11-13(2)19/h7-10,13,19H,6,11-12H2,1-5H3. The van der Waals surface area contributed by atoms with Gasteiger partial charge >= 0.3 is 0 Å². The Bertz CT molecular complexity index is 435. The van der Waals surface area contributed by atoms with Crippen molar-refractivity contribution in [2.75, 3.05) is 13.6 Å². The van der Waals surface area contributed by atoms with E-state index in [2.05, 4.69) is 20.8 Å². The van der Waals surface area contributed by atoms with Gasteiger partial charge in [-0.3, -0.25) is 4.79 Å². The Labute approximate surface area is 122 Å². The maximum Gasteiger partial charge on any atom is 0.253 e. The van der Waals surface area contributed by atoms with E-state index in [9.17, 15) is 9.90 Å². The third kappa shape index (κ3) is 4.34. The van der Waals surface area contributed by atoms with Crippen molar-refractivity contribution in [3.8, 4) is 0 Å². The molecule has 0 aromatic heterocycles. The molecule has 0 aliphatic carbocycles. The number of carbonyl (C=O) groups is 1. The van der Waals surface area contributed by atoms with E-state index in [1.807, 2.05) is 24.3 Å². The van der Waals surface area contributed by atoms with Crippen LogP contribution in [0.15, 0.2) is 24.3 Å². The molecular weight excluding hydrogens is 250 g/mol. The van der Waals surface area contributed by atoms with Gasteiger partial charge in [0.15, 0.2) is 0 Å². The average molecular weight is 277 g/mol. The van der Waals surface area contributed by atoms with Crippen molar-refractivity contribution in [3.63, 3.8) is 0 Å². The molecular formula is C17H27NO2. The van der Waals surface area contributed by atoms with Crippen molar-refractivity contribution in [2.45, 2.75) is 52.1 Å². The molecule has 3 nitrogen and oxygen atoms in total. The van der Waals surface area contributed by atoms with E-state index >= 15 is 0 Å². The first-order chi connectivity index (χ1) is 9.27. The van der Waals surface area contributed by atoms with Gasteiger partial charge in [-0.1, -0.05) is 32.9 Å². The monoisotopic (exact) mass is 277 g/mol. The zero-order valence-electron chi connectivity index (χ0n) is 13.3. The van der Waals surface area contributed by atoms with Crippen LogP contribution in [0, 0.1) is 0 Å². The fraction of sp³-hybridized carbons (Fsp3) is 0.588. The predicted octanol–water partition coefficient (Wildman–Crippen LogP) is 3.22. The molecule has 112 valence electrons. The SMILES string of the molecule is CCC(C)(C)c1ccc(C(=O)N(C)CCC(C)O)cc1. The first-order valence-corrected chi connectivity index (χ1v) is 7.32. The summed E-state index contributed by atoms with van der Waals surface area (Å²) in [7, 11) is 1.77. The molecule has 0 saturated heterocycles. The first-order valence-electron chi connectivity index (χ1n) is 7.32. The zero-order valence-corrected chi connectivity index (χ0v) is 13.3. The molecule has 0 heterocycles. The Morgan fingerprint density at radius 2 is 1.85 bits per heavy atom. The summed E-state index contributed by atoms with van der Waals surface area (Å²) in [5.41, 5.74) is 2.09. The maximum atomic E-state index is 12.2. The number of aliphatic hydroxyl groups is 1. The van der Waals surface area contributed by atoms with Crippen LogP contribution in [0.25, 0.3) is 0 Å². The fourth-order valence-electron chi connectivity index (χ4n) is 1.97. The summed E-state index contributed by atoms with van der Waals surface area (Å²) in [5.74, 6) is 0.00602. The van der Waals surface area contributed by atoms with Gasteiger partial charge in [-0.15, -0.1) is 0 Å². The van der Waals surface area contributed by atoms with Crippen LogP contribution in [0.3, 0.4) is 0 Å². The molecule has 1 rings (SSSR count). The molecule has 3 heteroatoms. The normalized spacial score (nSPS) is 13.1. The number of nitrogens with zero attached hydrogens (tertiary/aromatic N) is 1. The van der Waals surface area contributed by atoms with Crippen molar-refractivity contribution >= 4 is 5.91 Å². The minimum atomic E-state index is -0.377. The van der Waals surface area contributed by atoms with Crippen LogP contribution in [0.5, 0.6) is 0 Å². The molecule has 1 amide bonds. The van der Waals surface area contributed by atoms with Crippen LogP contribution in [-0.2, 0) is 5.41 Å². The second-order valence-electron chi connectivity index (χ2n) is 6.18. The molecule has 1 atom stereocenters. The highest BCUT2D eigenvalue weighted by molar-refractivity contribution is 5.94. The number of benzene rings is 1. The van der Waals surface area contributed by atoms with Gasteiger partial charge in [0.25, 0.3) is 5.91 Å². The van der Waals surface area contributed by atoms with Crippen LogP contribution in [0.2, 0.25) is 0 Å². The van der Waals surface area contributed by atoms with Gasteiger partial charge < -0.3 is 10.0 Å². The minimum Gasteiger partial charge on any atom is -0.393 e. The van der Waals surface area contributed by atoms with Gasteiger partial charge in [0.2, 0.25) is 0 Å². The van der Waals surface area contributed by atoms with Crippen LogP contribution in [0.4, 0.5) is 0 Å². The first kappa shape index (κ1) is 16.7. The second-order valence-corrected chi connectivity index (χ2v) is 6.18. The number of hydrogen-bond acceptors (Lipinski definition) is 2. The van der Waals surface area contributed by atoms with Crippen LogP contribution in [-0.4, -0.2) is 35.6 Å². The summed E-state index contributed by atoms with van der Waals surface area (Å²) in [6, 6.07) is 7.88. The van der Waals surface area contributed by atoms with Crippen molar-refractivity contribution in [2.24, 2.45) is 0 Å². The lowest BCUT2D eigenvalue weighted by atomic mass is 9.82. The largest absolute Gasteiger partial charge is 0.393 e. The van der Waals surface area contributed by atoms with Crippen molar-refractivity contribution < 1.29 is 9.90 Å². The maximum absolute atomic E-state index is 12.2. The molecule has 1 aromatic rings. The highest BCUT2D eigenvalue weighted by Gasteiger charge is 2.19. The molecule has 0 aliphatic rings. The molecule has 1 unspecified atom stereocenters. The van der Waals surface area contributed by atoms with Crippen LogP contribution in [0.1, 0.15) is 56.5 Å². The smallest absolute Gasteiger partial charge is 0.253 e. The number of aliphatic hydroxyl groups excluding tert-OH is 1. The lowest BCUT2D eigenvalue weighted by Gasteiger charge is -2.24. The molecule has 1 aromatic carbocycles. The number of rotatable bonds is 6. The van der Waals surface area contributed by atoms with E-state index in [1.54, 1.807) is 18.9 Å². The van der Waals surface area contributed by atoms with Crippen LogP contribution >= 0.6 is 0 Å². The summed E-state index contributed by atoms with van der Waals surface area (Å²) in [4.78, 5) is 13.9. The summed E-state index contributed by atoms with van der Waals surface area (Å²) >= 11 is 0. The number of amides is 1. The fourth-order valence-corrected chi connectivity index (χ4v) is 1.97. The predicted molar refractivity (Wildman–Crippen MR) is 83.0 cm³/mol. The lowest BCUT2D eigenvalue weighted by Crippen LogP contribution is -2.29. The Morgan fingerprint density at radius 3 is 2.30 bits per heavy atom. The van der Waals surface area contributed by atoms with Crippen molar-refractivity contribution in [1.29, 1.82) is 0 Å². The van der Waals surface area contributed by atoms with Gasteiger partial charge in [0.05, 0.1) is 6.10 Å². The summed E-state index contributed by atoms with van der Waals surface area (Å²) < 4.78 is 0. The van der Waals surface area contributed by atoms with E-state index in [4.69, 9.17) is 0 Å². The third-order valence-electron chi connectivity index (χ3n) is 4.03. The van der Waals surface area contributed by atoms with Crippen molar-refractivity contribution in [3.05, 3.63) is 35.4 Å². The quantitative estimate of drug-likeness (QED) is 0.867. The van der Waals surface area contributed by atoms with E-state index in [-0.39, 0.29) is 17.4 Å². The number of hydrogen-bond donors (Lipinski definition) is 1. The molecule has 0 spiro atoms. The topological polar surface area (TPSA) is 40.5 Å². The van der Waals surface area contributed by atoms with E-state index in [0.717, 1.165) is 6.42 Å². The minimum absolute atomic E-state index is 0.00602. The highest BCUT2D eigenvalue weighted by Crippen LogP contribution is 2.26. The molecule has 0 saturated carbocycles. The third-order valence-corrected chi connectivity index (χ3v) is 4.03. The van der Waals surface area contributed by atoms with Gasteiger partial charge in [0.1, 0.15) is 0 Å². The molecule has 1 N–H and O–H groups in total. The molecule has 0 radical (unpaired) electrons. The van der Waals surface area contributed by atoms with Gasteiger partial charge in [-0.25, -0.2) is 0 Å². The van der Waals surface area contributed by atoms with E-state index in [1.165, 1.54) is 5.56 Å². The van der Waals surface area contributed by atoms with Crippen LogP contribution < -0.4 is 0 Å². The zero-order chi connectivity index (χ0) is 15.3. The molecule has 0 aliphatic heterocycles. The lowest BCUT2D eigenvalue weighted by molar-refractivity contribution is 0.0769. The summed E-state index contributed by atoms with van der Waals surface area (Å²) in [6.45, 7) is 8.89. The Morgan fingerprint density at radius 1 is 1.30 bits per heavy atom. The molecule has 0 bridgehead atoms. The summed E-state index contributed by atoms with van der Waals surface area (Å²) in [6.07, 6.45) is 1.29. The molecule has 20 heavy (non-hydrogen) atoms. The Kier molecular flexibility index (Phi) is 5.75. The second kappa shape index (κ2) is 6.89. The average Bonchev–Trinajstić information content (AvgIpc) is 2.44. The van der Waals surface area contributed by atoms with E-state index < -0.39 is 0 Å². The van der Waals surface area contributed by atoms with Gasteiger partial charge in [-0.05, 0) is 42.9 Å². The summed E-state index contributed by atoms with van der Waals surface area (Å²) in [5, 5.41) is 9.27. The Balaban J connectivity index is 2.75. The van der Waals surface area contributed by atoms with Crippen molar-refractivity contribution in [1.82, 2.24) is 4.90 Å². The highest BCUT2D eigenvalue weighted by atomic mass is 16.3. The molecule has 0 fully saturated rings. The van der Waals surface area contributed by atoms with Gasteiger partial charge in [0, 0.05) is 19.2 Å². The Hall–Kier alpha value is -1.35.